The summed E-state index contributed by atoms with van der Waals surface area (Å²) in [5.41, 5.74) is 2.42. The number of hydrogen-bond donors (Lipinski definition) is 0. The van der Waals surface area contributed by atoms with Crippen molar-refractivity contribution in [1.29, 1.82) is 0 Å². The fourth-order valence-corrected chi connectivity index (χ4v) is 2.80. The van der Waals surface area contributed by atoms with E-state index in [0.29, 0.717) is 6.04 Å². The maximum atomic E-state index is 6.35. The smallest absolute Gasteiger partial charge is 0.0642 e. The van der Waals surface area contributed by atoms with Crippen molar-refractivity contribution in [1.82, 2.24) is 0 Å². The molecule has 2 rings (SSSR count). The molecule has 0 radical (unpaired) electrons. The highest BCUT2D eigenvalue weighted by atomic mass is 79.9. The van der Waals surface area contributed by atoms with Crippen LogP contribution in [0.1, 0.15) is 18.4 Å². The molecule has 1 aliphatic carbocycles. The molecule has 0 unspecified atom stereocenters. The predicted molar refractivity (Wildman–Crippen MR) is 76.3 cm³/mol. The quantitative estimate of drug-likeness (QED) is 0.739. The van der Waals surface area contributed by atoms with E-state index in [2.05, 4.69) is 26.9 Å². The minimum atomic E-state index is 0.642. The molecule has 4 heteroatoms. The standard InChI is InChI=1S/C13H17BrClNO/c1-17-8-7-16(11-5-6-11)13-10(9-14)3-2-4-12(13)15/h2-4,11H,5-9H2,1H3. The van der Waals surface area contributed by atoms with Gasteiger partial charge in [0.1, 0.15) is 0 Å². The molecule has 0 N–H and O–H groups in total. The predicted octanol–water partition coefficient (Wildman–Crippen LogP) is 3.85. The van der Waals surface area contributed by atoms with Crippen LogP contribution in [0, 0.1) is 0 Å². The summed E-state index contributed by atoms with van der Waals surface area (Å²) in [5, 5.41) is 1.67. The van der Waals surface area contributed by atoms with E-state index >= 15 is 0 Å². The van der Waals surface area contributed by atoms with E-state index in [0.717, 1.165) is 23.5 Å². The van der Waals surface area contributed by atoms with Gasteiger partial charge in [-0.3, -0.25) is 0 Å². The number of nitrogens with zero attached hydrogens (tertiary/aromatic N) is 1. The van der Waals surface area contributed by atoms with Crippen LogP contribution < -0.4 is 4.90 Å². The van der Waals surface area contributed by atoms with Crippen LogP contribution in [0.25, 0.3) is 0 Å². The van der Waals surface area contributed by atoms with Crippen molar-refractivity contribution >= 4 is 33.2 Å². The normalized spacial score (nSPS) is 15.0. The summed E-state index contributed by atoms with van der Waals surface area (Å²) in [6.45, 7) is 1.65. The molecule has 2 nitrogen and oxygen atoms in total. The Morgan fingerprint density at radius 3 is 2.82 bits per heavy atom. The molecule has 0 bridgehead atoms. The van der Waals surface area contributed by atoms with Crippen molar-refractivity contribution in [2.75, 3.05) is 25.2 Å². The Labute approximate surface area is 116 Å². The van der Waals surface area contributed by atoms with Crippen LogP contribution >= 0.6 is 27.5 Å². The lowest BCUT2D eigenvalue weighted by Crippen LogP contribution is -2.30. The molecule has 1 aliphatic rings. The van der Waals surface area contributed by atoms with Crippen molar-refractivity contribution in [2.45, 2.75) is 24.2 Å². The molecule has 1 saturated carbocycles. The van der Waals surface area contributed by atoms with Gasteiger partial charge >= 0.3 is 0 Å². The second kappa shape index (κ2) is 6.07. The summed E-state index contributed by atoms with van der Waals surface area (Å²) < 4.78 is 5.19. The van der Waals surface area contributed by atoms with Crippen LogP contribution in [-0.4, -0.2) is 26.3 Å². The minimum absolute atomic E-state index is 0.642. The van der Waals surface area contributed by atoms with E-state index in [1.165, 1.54) is 24.1 Å². The first-order valence-electron chi connectivity index (χ1n) is 5.87. The maximum Gasteiger partial charge on any atom is 0.0642 e. The fourth-order valence-electron chi connectivity index (χ4n) is 2.04. The third-order valence-electron chi connectivity index (χ3n) is 3.03. The number of hydrogen-bond acceptors (Lipinski definition) is 2. The van der Waals surface area contributed by atoms with Crippen LogP contribution in [0.5, 0.6) is 0 Å². The van der Waals surface area contributed by atoms with E-state index < -0.39 is 0 Å². The first kappa shape index (κ1) is 13.2. The SMILES string of the molecule is COCCN(c1c(Cl)cccc1CBr)C1CC1. The van der Waals surface area contributed by atoms with Gasteiger partial charge in [0.25, 0.3) is 0 Å². The molecule has 17 heavy (non-hydrogen) atoms. The summed E-state index contributed by atoms with van der Waals surface area (Å²) in [5.74, 6) is 0. The van der Waals surface area contributed by atoms with Gasteiger partial charge in [0.15, 0.2) is 0 Å². The highest BCUT2D eigenvalue weighted by molar-refractivity contribution is 9.08. The van der Waals surface area contributed by atoms with Gasteiger partial charge in [-0.2, -0.15) is 0 Å². The Bertz CT molecular complexity index is 382. The zero-order valence-corrected chi connectivity index (χ0v) is 12.3. The monoisotopic (exact) mass is 317 g/mol. The fraction of sp³-hybridized carbons (Fsp3) is 0.538. The molecule has 0 atom stereocenters. The van der Waals surface area contributed by atoms with E-state index in [4.69, 9.17) is 16.3 Å². The summed E-state index contributed by atoms with van der Waals surface area (Å²) in [6, 6.07) is 6.73. The Morgan fingerprint density at radius 2 is 2.24 bits per heavy atom. The zero-order chi connectivity index (χ0) is 12.3. The number of halogens is 2. The molecule has 0 amide bonds. The Kier molecular flexibility index (Phi) is 4.71. The lowest BCUT2D eigenvalue weighted by Gasteiger charge is -2.27. The number of rotatable bonds is 6. The lowest BCUT2D eigenvalue weighted by atomic mass is 10.1. The number of ether oxygens (including phenoxy) is 1. The van der Waals surface area contributed by atoms with Crippen LogP contribution in [0.2, 0.25) is 5.02 Å². The first-order valence-corrected chi connectivity index (χ1v) is 7.36. The second-order valence-corrected chi connectivity index (χ2v) is 5.27. The molecule has 0 aliphatic heterocycles. The largest absolute Gasteiger partial charge is 0.383 e. The van der Waals surface area contributed by atoms with Crippen molar-refractivity contribution in [3.05, 3.63) is 28.8 Å². The number of alkyl halides is 1. The maximum absolute atomic E-state index is 6.35. The average molecular weight is 319 g/mol. The van der Waals surface area contributed by atoms with Gasteiger partial charge in [-0.05, 0) is 24.5 Å². The van der Waals surface area contributed by atoms with Crippen molar-refractivity contribution < 1.29 is 4.74 Å². The summed E-state index contributed by atoms with van der Waals surface area (Å²) in [7, 11) is 1.74. The summed E-state index contributed by atoms with van der Waals surface area (Å²) in [6.07, 6.45) is 2.52. The van der Waals surface area contributed by atoms with Gasteiger partial charge in [0, 0.05) is 25.0 Å². The molecule has 1 aromatic carbocycles. The zero-order valence-electron chi connectivity index (χ0n) is 9.96. The van der Waals surface area contributed by atoms with Gasteiger partial charge < -0.3 is 9.64 Å². The lowest BCUT2D eigenvalue weighted by molar-refractivity contribution is 0.205. The van der Waals surface area contributed by atoms with Gasteiger partial charge in [-0.25, -0.2) is 0 Å². The van der Waals surface area contributed by atoms with E-state index in [-0.39, 0.29) is 0 Å². The van der Waals surface area contributed by atoms with Crippen LogP contribution in [0.4, 0.5) is 5.69 Å². The van der Waals surface area contributed by atoms with Crippen LogP contribution in [0.15, 0.2) is 18.2 Å². The van der Waals surface area contributed by atoms with E-state index in [1.807, 2.05) is 12.1 Å². The molecular weight excluding hydrogens is 302 g/mol. The van der Waals surface area contributed by atoms with Gasteiger partial charge in [-0.15, -0.1) is 0 Å². The highest BCUT2D eigenvalue weighted by Crippen LogP contribution is 2.38. The molecule has 0 saturated heterocycles. The van der Waals surface area contributed by atoms with E-state index in [9.17, 15) is 0 Å². The Hall–Kier alpha value is -0.250. The van der Waals surface area contributed by atoms with Crippen molar-refractivity contribution in [3.63, 3.8) is 0 Å². The van der Waals surface area contributed by atoms with Crippen LogP contribution in [0.3, 0.4) is 0 Å². The third-order valence-corrected chi connectivity index (χ3v) is 3.93. The molecule has 0 aromatic heterocycles. The molecular formula is C13H17BrClNO. The first-order chi connectivity index (χ1) is 8.27. The molecule has 0 heterocycles. The van der Waals surface area contributed by atoms with Gasteiger partial charge in [0.2, 0.25) is 0 Å². The second-order valence-electron chi connectivity index (χ2n) is 4.30. The van der Waals surface area contributed by atoms with Crippen molar-refractivity contribution in [2.24, 2.45) is 0 Å². The van der Waals surface area contributed by atoms with Gasteiger partial charge in [-0.1, -0.05) is 39.7 Å². The summed E-state index contributed by atoms with van der Waals surface area (Å²) in [4.78, 5) is 2.39. The average Bonchev–Trinajstić information content (AvgIpc) is 3.15. The molecule has 94 valence electrons. The van der Waals surface area contributed by atoms with Crippen molar-refractivity contribution in [3.8, 4) is 0 Å². The molecule has 0 spiro atoms. The van der Waals surface area contributed by atoms with E-state index in [1.54, 1.807) is 7.11 Å². The number of para-hydroxylation sites is 1. The molecule has 1 aromatic rings. The number of anilines is 1. The van der Waals surface area contributed by atoms with Gasteiger partial charge in [0.05, 0.1) is 17.3 Å². The Balaban J connectivity index is 2.27. The third kappa shape index (κ3) is 3.15. The Morgan fingerprint density at radius 1 is 1.47 bits per heavy atom. The highest BCUT2D eigenvalue weighted by Gasteiger charge is 2.31. The number of benzene rings is 1. The molecule has 1 fully saturated rings. The van der Waals surface area contributed by atoms with Crippen LogP contribution in [-0.2, 0) is 10.1 Å². The topological polar surface area (TPSA) is 12.5 Å². The summed E-state index contributed by atoms with van der Waals surface area (Å²) >= 11 is 9.88. The minimum Gasteiger partial charge on any atom is -0.383 e. The number of methoxy groups -OCH3 is 1.